The van der Waals surface area contributed by atoms with Gasteiger partial charge in [0, 0.05) is 30.8 Å². The van der Waals surface area contributed by atoms with Gasteiger partial charge in [-0.1, -0.05) is 26.8 Å². The van der Waals surface area contributed by atoms with E-state index in [1.54, 1.807) is 19.2 Å². The predicted molar refractivity (Wildman–Crippen MR) is 98.6 cm³/mol. The molecule has 4 atom stereocenters. The van der Waals surface area contributed by atoms with Crippen LogP contribution in [-0.4, -0.2) is 48.7 Å². The third-order valence-corrected chi connectivity index (χ3v) is 4.79. The molecule has 1 aromatic heterocycles. The van der Waals surface area contributed by atoms with Crippen LogP contribution < -0.4 is 10.2 Å². The minimum absolute atomic E-state index is 0.234. The summed E-state index contributed by atoms with van der Waals surface area (Å²) in [5.74, 6) is -0.317. The largest absolute Gasteiger partial charge is 0.465 e. The number of nitro groups is 1. The Morgan fingerprint density at radius 1 is 1.42 bits per heavy atom. The lowest BCUT2D eigenvalue weighted by Gasteiger charge is -2.31. The van der Waals surface area contributed by atoms with Crippen LogP contribution in [0.4, 0.5) is 5.82 Å². The minimum atomic E-state index is -0.965. The molecule has 2 rings (SSSR count). The lowest BCUT2D eigenvalue weighted by molar-refractivity contribution is -0.535. The molecule has 8 nitrogen and oxygen atoms in total. The van der Waals surface area contributed by atoms with E-state index in [4.69, 9.17) is 4.74 Å². The maximum atomic E-state index is 12.5. The molecule has 0 spiro atoms. The highest BCUT2D eigenvalue weighted by Crippen LogP contribution is 2.45. The lowest BCUT2D eigenvalue weighted by atomic mass is 9.73. The van der Waals surface area contributed by atoms with Gasteiger partial charge in [-0.3, -0.25) is 20.2 Å². The number of anilines is 1. The van der Waals surface area contributed by atoms with Gasteiger partial charge in [0.05, 0.1) is 12.5 Å². The molecule has 2 heterocycles. The Labute approximate surface area is 154 Å². The number of pyridine rings is 1. The number of esters is 1. The number of hydrogen-bond acceptors (Lipinski definition) is 7. The number of ether oxygens (including phenoxy) is 1. The summed E-state index contributed by atoms with van der Waals surface area (Å²) >= 11 is 0. The van der Waals surface area contributed by atoms with E-state index >= 15 is 0 Å². The zero-order valence-electron chi connectivity index (χ0n) is 16.2. The Kier molecular flexibility index (Phi) is 5.85. The molecule has 0 amide bonds. The molecule has 8 heteroatoms. The monoisotopic (exact) mass is 364 g/mol. The lowest BCUT2D eigenvalue weighted by Crippen LogP contribution is -2.45. The zero-order valence-corrected chi connectivity index (χ0v) is 16.2. The number of nitrogens with one attached hydrogen (secondary N) is 1. The fourth-order valence-electron chi connectivity index (χ4n) is 3.81. The summed E-state index contributed by atoms with van der Waals surface area (Å²) in [5.41, 5.74) is 0.248. The second-order valence-electron chi connectivity index (χ2n) is 7.85. The van der Waals surface area contributed by atoms with Gasteiger partial charge in [-0.2, -0.15) is 0 Å². The number of aromatic nitrogens is 1. The van der Waals surface area contributed by atoms with E-state index in [9.17, 15) is 14.9 Å². The Morgan fingerprint density at radius 3 is 2.58 bits per heavy atom. The van der Waals surface area contributed by atoms with Gasteiger partial charge in [-0.15, -0.1) is 0 Å². The second-order valence-corrected chi connectivity index (χ2v) is 7.85. The first-order valence-corrected chi connectivity index (χ1v) is 8.78. The summed E-state index contributed by atoms with van der Waals surface area (Å²) in [6.45, 7) is 7.71. The van der Waals surface area contributed by atoms with Crippen molar-refractivity contribution >= 4 is 11.8 Å². The van der Waals surface area contributed by atoms with E-state index < -0.39 is 35.4 Å². The van der Waals surface area contributed by atoms with Crippen LogP contribution in [0.3, 0.4) is 0 Å². The first-order chi connectivity index (χ1) is 12.1. The van der Waals surface area contributed by atoms with Gasteiger partial charge in [0.25, 0.3) is 0 Å². The average molecular weight is 364 g/mol. The highest BCUT2D eigenvalue weighted by atomic mass is 16.6. The first kappa shape index (κ1) is 20.1. The van der Waals surface area contributed by atoms with E-state index in [-0.39, 0.29) is 11.5 Å². The second kappa shape index (κ2) is 7.57. The first-order valence-electron chi connectivity index (χ1n) is 8.78. The van der Waals surface area contributed by atoms with E-state index in [2.05, 4.69) is 10.3 Å². The predicted octanol–water partition coefficient (Wildman–Crippen LogP) is 2.03. The van der Waals surface area contributed by atoms with Gasteiger partial charge in [-0.05, 0) is 18.4 Å². The van der Waals surface area contributed by atoms with Crippen molar-refractivity contribution in [3.63, 3.8) is 0 Å². The molecule has 1 fully saturated rings. The van der Waals surface area contributed by atoms with Crippen molar-refractivity contribution in [3.8, 4) is 0 Å². The van der Waals surface area contributed by atoms with Crippen LogP contribution in [-0.2, 0) is 9.53 Å². The molecule has 144 valence electrons. The van der Waals surface area contributed by atoms with Crippen LogP contribution in [0, 0.1) is 21.4 Å². The summed E-state index contributed by atoms with van der Waals surface area (Å²) in [6, 6.07) is 1.24. The molecule has 26 heavy (non-hydrogen) atoms. The fraction of sp³-hybridized carbons (Fsp3) is 0.667. The molecule has 1 N–H and O–H groups in total. The van der Waals surface area contributed by atoms with Gasteiger partial charge in [0.15, 0.2) is 0 Å². The summed E-state index contributed by atoms with van der Waals surface area (Å²) < 4.78 is 5.19. The van der Waals surface area contributed by atoms with Crippen LogP contribution in [0.25, 0.3) is 0 Å². The summed E-state index contributed by atoms with van der Waals surface area (Å²) in [4.78, 5) is 30.5. The smallest absolute Gasteiger partial charge is 0.323 e. The van der Waals surface area contributed by atoms with Crippen molar-refractivity contribution in [1.29, 1.82) is 0 Å². The SMILES string of the molecule is CCOC(=O)C1NC(c2cccnc2N(C)C)C([N+](=O)[O-])C1C(C)(C)C. The van der Waals surface area contributed by atoms with Crippen molar-refractivity contribution < 1.29 is 14.5 Å². The molecule has 0 bridgehead atoms. The van der Waals surface area contributed by atoms with Crippen LogP contribution >= 0.6 is 0 Å². The van der Waals surface area contributed by atoms with Crippen LogP contribution in [0.2, 0.25) is 0 Å². The summed E-state index contributed by atoms with van der Waals surface area (Å²) in [5, 5.41) is 15.2. The van der Waals surface area contributed by atoms with Gasteiger partial charge in [-0.25, -0.2) is 4.98 Å². The van der Waals surface area contributed by atoms with Gasteiger partial charge >= 0.3 is 5.97 Å². The molecule has 0 radical (unpaired) electrons. The standard InChI is InChI=1S/C18H28N4O4/c1-7-26-17(23)14-12(18(2,3)4)15(22(24)25)13(20-14)11-9-8-10-19-16(11)21(5)6/h8-10,12-15,20H,7H2,1-6H3. The van der Waals surface area contributed by atoms with Crippen molar-refractivity contribution in [1.82, 2.24) is 10.3 Å². The van der Waals surface area contributed by atoms with E-state index in [0.717, 1.165) is 0 Å². The number of carbonyl (C=O) groups excluding carboxylic acids is 1. The van der Waals surface area contributed by atoms with Gasteiger partial charge in [0.1, 0.15) is 17.9 Å². The van der Waals surface area contributed by atoms with Crippen molar-refractivity contribution in [2.24, 2.45) is 11.3 Å². The fourth-order valence-corrected chi connectivity index (χ4v) is 3.81. The molecule has 1 aromatic rings. The maximum absolute atomic E-state index is 12.5. The van der Waals surface area contributed by atoms with Crippen LogP contribution in [0.15, 0.2) is 18.3 Å². The number of nitrogens with zero attached hydrogens (tertiary/aromatic N) is 3. The van der Waals surface area contributed by atoms with Gasteiger partial charge < -0.3 is 9.64 Å². The topological polar surface area (TPSA) is 97.6 Å². The molecule has 4 unspecified atom stereocenters. The number of rotatable bonds is 5. The third kappa shape index (κ3) is 3.80. The average Bonchev–Trinajstić information content (AvgIpc) is 2.96. The Balaban J connectivity index is 2.56. The molecule has 0 aliphatic carbocycles. The van der Waals surface area contributed by atoms with Crippen LogP contribution in [0.1, 0.15) is 39.3 Å². The molecule has 0 aromatic carbocycles. The van der Waals surface area contributed by atoms with E-state index in [1.165, 1.54) is 0 Å². The van der Waals surface area contributed by atoms with E-state index in [0.29, 0.717) is 11.4 Å². The molecule has 0 saturated carbocycles. The van der Waals surface area contributed by atoms with Crippen LogP contribution in [0.5, 0.6) is 0 Å². The Bertz CT molecular complexity index is 671. The van der Waals surface area contributed by atoms with E-state index in [1.807, 2.05) is 45.8 Å². The zero-order chi connectivity index (χ0) is 19.6. The molecule has 1 aliphatic rings. The van der Waals surface area contributed by atoms with Crippen molar-refractivity contribution in [2.45, 2.75) is 45.8 Å². The molecule has 1 saturated heterocycles. The summed E-state index contributed by atoms with van der Waals surface area (Å²) in [6.07, 6.45) is 1.65. The quantitative estimate of drug-likeness (QED) is 0.485. The highest BCUT2D eigenvalue weighted by Gasteiger charge is 2.58. The molecular formula is C18H28N4O4. The van der Waals surface area contributed by atoms with Crippen molar-refractivity contribution in [3.05, 3.63) is 34.0 Å². The molecular weight excluding hydrogens is 336 g/mol. The molecule has 1 aliphatic heterocycles. The maximum Gasteiger partial charge on any atom is 0.323 e. The third-order valence-electron chi connectivity index (χ3n) is 4.79. The normalized spacial score (nSPS) is 25.8. The number of carbonyl (C=O) groups is 1. The van der Waals surface area contributed by atoms with Crippen molar-refractivity contribution in [2.75, 3.05) is 25.6 Å². The Morgan fingerprint density at radius 2 is 2.08 bits per heavy atom. The summed E-state index contributed by atoms with van der Waals surface area (Å²) in [7, 11) is 3.68. The minimum Gasteiger partial charge on any atom is -0.465 e. The van der Waals surface area contributed by atoms with Gasteiger partial charge in [0.2, 0.25) is 6.04 Å². The number of hydrogen-bond donors (Lipinski definition) is 1. The Hall–Kier alpha value is -2.22. The highest BCUT2D eigenvalue weighted by molar-refractivity contribution is 5.77.